The number of carboxylic acid groups (broad SMARTS) is 1. The van der Waals surface area contributed by atoms with Gasteiger partial charge < -0.3 is 20.9 Å². The Bertz CT molecular complexity index is 1030. The van der Waals surface area contributed by atoms with Gasteiger partial charge in [-0.05, 0) is 30.7 Å². The Balaban J connectivity index is 0.000000837. The van der Waals surface area contributed by atoms with Crippen LogP contribution in [0.4, 0.5) is 0 Å². The molecule has 10 nitrogen and oxygen atoms in total. The van der Waals surface area contributed by atoms with Crippen LogP contribution in [0, 0.1) is 5.41 Å². The highest BCUT2D eigenvalue weighted by Crippen LogP contribution is 2.18. The van der Waals surface area contributed by atoms with Crippen molar-refractivity contribution in [1.82, 2.24) is 20.1 Å². The number of carboxylic acids is 1. The SMILES string of the molecule is CC(=O)O.CCOC(C(=O)NCc1ccc(C(=N)N)cc1)n1ccc(-c2ccncc2)n1. The molecule has 0 aliphatic rings. The van der Waals surface area contributed by atoms with Crippen molar-refractivity contribution < 1.29 is 19.4 Å². The molecule has 2 aromatic heterocycles. The first-order valence-electron chi connectivity index (χ1n) is 9.79. The fraction of sp³-hybridized carbons (Fsp3) is 0.227. The predicted octanol–water partition coefficient (Wildman–Crippen LogP) is 2.17. The van der Waals surface area contributed by atoms with Crippen molar-refractivity contribution in [3.8, 4) is 11.3 Å². The molecule has 2 heterocycles. The van der Waals surface area contributed by atoms with E-state index in [9.17, 15) is 4.79 Å². The van der Waals surface area contributed by atoms with Gasteiger partial charge in [0.15, 0.2) is 0 Å². The molecule has 1 amide bonds. The van der Waals surface area contributed by atoms with E-state index in [1.807, 2.05) is 37.3 Å². The van der Waals surface area contributed by atoms with Gasteiger partial charge in [-0.15, -0.1) is 0 Å². The van der Waals surface area contributed by atoms with Gasteiger partial charge in [0.05, 0.1) is 5.69 Å². The molecular weight excluding hydrogens is 412 g/mol. The number of hydrogen-bond donors (Lipinski definition) is 4. The van der Waals surface area contributed by atoms with Gasteiger partial charge in [0, 0.05) is 49.8 Å². The Hall–Kier alpha value is -4.05. The summed E-state index contributed by atoms with van der Waals surface area (Å²) in [5.41, 5.74) is 8.64. The molecule has 0 aliphatic heterocycles. The van der Waals surface area contributed by atoms with Crippen LogP contribution in [-0.4, -0.2) is 44.2 Å². The lowest BCUT2D eigenvalue weighted by atomic mass is 10.1. The summed E-state index contributed by atoms with van der Waals surface area (Å²) in [4.78, 5) is 25.7. The number of benzene rings is 1. The van der Waals surface area contributed by atoms with Gasteiger partial charge in [-0.1, -0.05) is 24.3 Å². The van der Waals surface area contributed by atoms with Gasteiger partial charge in [-0.2, -0.15) is 5.10 Å². The number of nitrogens with two attached hydrogens (primary N) is 1. The fourth-order valence-corrected chi connectivity index (χ4v) is 2.65. The van der Waals surface area contributed by atoms with Crippen molar-refractivity contribution in [1.29, 1.82) is 5.41 Å². The lowest BCUT2D eigenvalue weighted by Gasteiger charge is -2.17. The largest absolute Gasteiger partial charge is 0.481 e. The minimum atomic E-state index is -0.864. The molecule has 0 aliphatic carbocycles. The molecule has 3 aromatic rings. The second kappa shape index (κ2) is 12.0. The van der Waals surface area contributed by atoms with Crippen LogP contribution in [0.1, 0.15) is 31.2 Å². The Kier molecular flexibility index (Phi) is 9.05. The summed E-state index contributed by atoms with van der Waals surface area (Å²) in [6, 6.07) is 12.7. The third-order valence-corrected chi connectivity index (χ3v) is 4.11. The lowest BCUT2D eigenvalue weighted by Crippen LogP contribution is -2.34. The van der Waals surface area contributed by atoms with E-state index in [2.05, 4.69) is 15.4 Å². The number of nitrogens with zero attached hydrogens (tertiary/aromatic N) is 3. The minimum absolute atomic E-state index is 0.00989. The number of aliphatic carboxylic acids is 1. The maximum absolute atomic E-state index is 12.7. The predicted molar refractivity (Wildman–Crippen MR) is 119 cm³/mol. The monoisotopic (exact) mass is 438 g/mol. The Labute approximate surface area is 185 Å². The molecule has 0 bridgehead atoms. The minimum Gasteiger partial charge on any atom is -0.481 e. The molecule has 1 unspecified atom stereocenters. The summed E-state index contributed by atoms with van der Waals surface area (Å²) in [6.07, 6.45) is 4.24. The number of hydrogen-bond acceptors (Lipinski definition) is 6. The second-order valence-corrected chi connectivity index (χ2v) is 6.57. The summed E-state index contributed by atoms with van der Waals surface area (Å²) < 4.78 is 7.12. The van der Waals surface area contributed by atoms with Gasteiger partial charge in [-0.25, -0.2) is 4.68 Å². The molecule has 0 saturated heterocycles. The Morgan fingerprint density at radius 2 is 1.81 bits per heavy atom. The fourth-order valence-electron chi connectivity index (χ4n) is 2.65. The normalized spacial score (nSPS) is 11.1. The van der Waals surface area contributed by atoms with Gasteiger partial charge >= 0.3 is 0 Å². The topological polar surface area (TPSA) is 156 Å². The molecule has 1 aromatic carbocycles. The number of aromatic nitrogens is 3. The maximum atomic E-state index is 12.7. The highest BCUT2D eigenvalue weighted by atomic mass is 16.5. The molecule has 0 spiro atoms. The van der Waals surface area contributed by atoms with Crippen molar-refractivity contribution in [2.45, 2.75) is 26.6 Å². The van der Waals surface area contributed by atoms with Crippen LogP contribution in [0.2, 0.25) is 0 Å². The number of rotatable bonds is 8. The van der Waals surface area contributed by atoms with E-state index in [1.54, 1.807) is 30.7 Å². The summed E-state index contributed by atoms with van der Waals surface area (Å²) in [5.74, 6) is -1.11. The number of carbonyl (C=O) groups is 2. The summed E-state index contributed by atoms with van der Waals surface area (Å²) in [5, 5.41) is 22.2. The van der Waals surface area contributed by atoms with Crippen LogP contribution < -0.4 is 11.1 Å². The first-order chi connectivity index (χ1) is 15.3. The molecule has 0 saturated carbocycles. The van der Waals surface area contributed by atoms with Crippen LogP contribution in [0.15, 0.2) is 61.1 Å². The van der Waals surface area contributed by atoms with E-state index in [0.717, 1.165) is 23.7 Å². The van der Waals surface area contributed by atoms with Gasteiger partial charge in [0.2, 0.25) is 6.23 Å². The van der Waals surface area contributed by atoms with Crippen molar-refractivity contribution in [2.24, 2.45) is 5.73 Å². The quantitative estimate of drug-likeness (QED) is 0.310. The summed E-state index contributed by atoms with van der Waals surface area (Å²) in [7, 11) is 0. The Morgan fingerprint density at radius 3 is 2.38 bits per heavy atom. The van der Waals surface area contributed by atoms with Gasteiger partial charge in [0.1, 0.15) is 5.84 Å². The van der Waals surface area contributed by atoms with Crippen molar-refractivity contribution in [3.63, 3.8) is 0 Å². The first kappa shape index (κ1) is 24.2. The first-order valence-corrected chi connectivity index (χ1v) is 9.79. The van der Waals surface area contributed by atoms with Crippen LogP contribution in [0.5, 0.6) is 0 Å². The molecule has 1 atom stereocenters. The van der Waals surface area contributed by atoms with E-state index in [4.69, 9.17) is 25.8 Å². The smallest absolute Gasteiger partial charge is 0.300 e. The molecule has 0 fully saturated rings. The van der Waals surface area contributed by atoms with E-state index < -0.39 is 12.2 Å². The molecule has 32 heavy (non-hydrogen) atoms. The summed E-state index contributed by atoms with van der Waals surface area (Å²) in [6.45, 7) is 3.61. The molecule has 0 radical (unpaired) electrons. The average Bonchev–Trinajstić information content (AvgIpc) is 3.26. The second-order valence-electron chi connectivity index (χ2n) is 6.57. The van der Waals surface area contributed by atoms with Crippen molar-refractivity contribution in [3.05, 3.63) is 72.2 Å². The van der Waals surface area contributed by atoms with Crippen LogP contribution in [0.25, 0.3) is 11.3 Å². The number of pyridine rings is 1. The molecular formula is C22H26N6O4. The van der Waals surface area contributed by atoms with Crippen LogP contribution in [0.3, 0.4) is 0 Å². The number of nitrogen functional groups attached to an aromatic ring is 1. The number of amides is 1. The standard InChI is InChI=1S/C20H22N6O2.C2H4O2/c1-2-28-20(26-12-9-17(25-26)15-7-10-23-11-8-15)19(27)24-13-14-3-5-16(6-4-14)18(21)22;1-2(3)4/h3-12,20H,2,13H2,1H3,(H3,21,22)(H,24,27);1H3,(H,3,4). The third kappa shape index (κ3) is 7.33. The van der Waals surface area contributed by atoms with E-state index in [1.165, 1.54) is 4.68 Å². The highest BCUT2D eigenvalue weighted by Gasteiger charge is 2.21. The van der Waals surface area contributed by atoms with Crippen LogP contribution in [-0.2, 0) is 20.9 Å². The molecule has 3 rings (SSSR count). The van der Waals surface area contributed by atoms with Crippen molar-refractivity contribution >= 4 is 17.7 Å². The van der Waals surface area contributed by atoms with Crippen molar-refractivity contribution in [2.75, 3.05) is 6.61 Å². The van der Waals surface area contributed by atoms with E-state index >= 15 is 0 Å². The van der Waals surface area contributed by atoms with E-state index in [-0.39, 0.29) is 11.7 Å². The number of amidine groups is 1. The Morgan fingerprint density at radius 1 is 1.19 bits per heavy atom. The number of ether oxygens (including phenoxy) is 1. The van der Waals surface area contributed by atoms with Crippen LogP contribution >= 0.6 is 0 Å². The van der Waals surface area contributed by atoms with Gasteiger partial charge in [0.25, 0.3) is 11.9 Å². The zero-order chi connectivity index (χ0) is 23.5. The highest BCUT2D eigenvalue weighted by molar-refractivity contribution is 5.94. The molecule has 168 valence electrons. The maximum Gasteiger partial charge on any atom is 0.300 e. The van der Waals surface area contributed by atoms with E-state index in [0.29, 0.717) is 18.7 Å². The molecule has 10 heteroatoms. The summed E-state index contributed by atoms with van der Waals surface area (Å²) >= 11 is 0. The number of carbonyl (C=O) groups excluding carboxylic acids is 1. The van der Waals surface area contributed by atoms with Gasteiger partial charge in [-0.3, -0.25) is 20.0 Å². The average molecular weight is 438 g/mol. The lowest BCUT2D eigenvalue weighted by molar-refractivity contribution is -0.139. The zero-order valence-electron chi connectivity index (χ0n) is 17.9. The molecule has 5 N–H and O–H groups in total. The third-order valence-electron chi connectivity index (χ3n) is 4.11. The zero-order valence-corrected chi connectivity index (χ0v) is 17.9. The number of nitrogens with one attached hydrogen (secondary N) is 2.